The Morgan fingerprint density at radius 1 is 1.24 bits per heavy atom. The van der Waals surface area contributed by atoms with E-state index in [1.807, 2.05) is 6.07 Å². The molecule has 0 bridgehead atoms. The van der Waals surface area contributed by atoms with Gasteiger partial charge in [-0.15, -0.1) is 0 Å². The van der Waals surface area contributed by atoms with Crippen molar-refractivity contribution in [3.63, 3.8) is 0 Å². The molecule has 0 saturated carbocycles. The number of rotatable bonds is 5. The van der Waals surface area contributed by atoms with Crippen molar-refractivity contribution in [2.45, 2.75) is 0 Å². The summed E-state index contributed by atoms with van der Waals surface area (Å²) < 4.78 is 5.30. The number of nitro groups is 1. The van der Waals surface area contributed by atoms with Crippen LogP contribution in [0.5, 0.6) is 5.75 Å². The Morgan fingerprint density at radius 3 is 2.72 bits per heavy atom. The topological polar surface area (TPSA) is 102 Å². The van der Waals surface area contributed by atoms with Gasteiger partial charge in [0.2, 0.25) is 0 Å². The first-order valence-electron chi connectivity index (χ1n) is 7.61. The van der Waals surface area contributed by atoms with Crippen molar-refractivity contribution in [1.82, 2.24) is 5.32 Å². The average Bonchev–Trinajstić information content (AvgIpc) is 2.63. The fourth-order valence-electron chi connectivity index (χ4n) is 2.52. The molecule has 2 aromatic rings. The van der Waals surface area contributed by atoms with Crippen LogP contribution in [0.2, 0.25) is 0 Å². The Kier molecular flexibility index (Phi) is 4.60. The number of nitrogens with zero attached hydrogens (tertiary/aromatic N) is 2. The van der Waals surface area contributed by atoms with E-state index < -0.39 is 4.92 Å². The highest BCUT2D eigenvalue weighted by Gasteiger charge is 2.27. The smallest absolute Gasteiger partial charge is 0.271 e. The van der Waals surface area contributed by atoms with Crippen molar-refractivity contribution in [1.29, 1.82) is 0 Å². The first-order chi connectivity index (χ1) is 12.1. The number of non-ortho nitro benzene ring substituents is 1. The van der Waals surface area contributed by atoms with Crippen molar-refractivity contribution in [3.8, 4) is 5.75 Å². The Balaban J connectivity index is 1.70. The van der Waals surface area contributed by atoms with Crippen LogP contribution >= 0.6 is 0 Å². The summed E-state index contributed by atoms with van der Waals surface area (Å²) in [7, 11) is 0. The molecule has 128 valence electrons. The fraction of sp³-hybridized carbons (Fsp3) is 0.176. The van der Waals surface area contributed by atoms with Crippen LogP contribution in [0.4, 0.5) is 11.4 Å². The van der Waals surface area contributed by atoms with Gasteiger partial charge in [-0.1, -0.05) is 18.2 Å². The van der Waals surface area contributed by atoms with Crippen molar-refractivity contribution < 1.29 is 19.2 Å². The maximum absolute atomic E-state index is 12.1. The quantitative estimate of drug-likeness (QED) is 0.659. The van der Waals surface area contributed by atoms with E-state index in [-0.39, 0.29) is 37.2 Å². The zero-order valence-corrected chi connectivity index (χ0v) is 13.2. The SMILES string of the molecule is O=C(NCCN1C(=O)COc2ccc([N+](=O)[O-])cc21)c1ccccc1. The van der Waals surface area contributed by atoms with Gasteiger partial charge in [0.15, 0.2) is 6.61 Å². The van der Waals surface area contributed by atoms with Gasteiger partial charge in [-0.25, -0.2) is 0 Å². The van der Waals surface area contributed by atoms with Gasteiger partial charge < -0.3 is 15.0 Å². The molecule has 0 atom stereocenters. The van der Waals surface area contributed by atoms with Gasteiger partial charge in [0.1, 0.15) is 5.75 Å². The van der Waals surface area contributed by atoms with Gasteiger partial charge in [-0.3, -0.25) is 19.7 Å². The normalized spacial score (nSPS) is 13.0. The number of benzene rings is 2. The Labute approximate surface area is 143 Å². The van der Waals surface area contributed by atoms with Crippen molar-refractivity contribution >= 4 is 23.2 Å². The van der Waals surface area contributed by atoms with E-state index in [0.717, 1.165) is 0 Å². The Morgan fingerprint density at radius 2 is 2.00 bits per heavy atom. The third kappa shape index (κ3) is 3.57. The summed E-state index contributed by atoms with van der Waals surface area (Å²) in [5, 5.41) is 13.7. The number of hydrogen-bond donors (Lipinski definition) is 1. The summed E-state index contributed by atoms with van der Waals surface area (Å²) in [6.45, 7) is 0.258. The highest BCUT2D eigenvalue weighted by Crippen LogP contribution is 2.34. The molecule has 1 heterocycles. The molecule has 2 aromatic carbocycles. The molecule has 1 aliphatic heterocycles. The standard InChI is InChI=1S/C17H15N3O5/c21-16-11-25-15-7-6-13(20(23)24)10-14(15)19(16)9-8-18-17(22)12-4-2-1-3-5-12/h1-7,10H,8-9,11H2,(H,18,22). The van der Waals surface area contributed by atoms with Gasteiger partial charge in [-0.2, -0.15) is 0 Å². The molecule has 0 fully saturated rings. The lowest BCUT2D eigenvalue weighted by atomic mass is 10.2. The fourth-order valence-corrected chi connectivity index (χ4v) is 2.52. The number of amides is 2. The zero-order chi connectivity index (χ0) is 17.8. The minimum Gasteiger partial charge on any atom is -0.482 e. The first kappa shape index (κ1) is 16.4. The lowest BCUT2D eigenvalue weighted by molar-refractivity contribution is -0.384. The summed E-state index contributed by atoms with van der Waals surface area (Å²) in [4.78, 5) is 35.9. The summed E-state index contributed by atoms with van der Waals surface area (Å²) in [5.74, 6) is -0.165. The third-order valence-corrected chi connectivity index (χ3v) is 3.75. The highest BCUT2D eigenvalue weighted by molar-refractivity contribution is 5.98. The minimum atomic E-state index is -0.533. The van der Waals surface area contributed by atoms with Crippen LogP contribution in [-0.2, 0) is 4.79 Å². The molecule has 0 radical (unpaired) electrons. The molecule has 25 heavy (non-hydrogen) atoms. The van der Waals surface area contributed by atoms with Crippen LogP contribution in [0.1, 0.15) is 10.4 Å². The summed E-state index contributed by atoms with van der Waals surface area (Å²) >= 11 is 0. The summed E-state index contributed by atoms with van der Waals surface area (Å²) in [6, 6.07) is 12.8. The predicted octanol–water partition coefficient (Wildman–Crippen LogP) is 1.75. The molecule has 0 aromatic heterocycles. The van der Waals surface area contributed by atoms with Crippen LogP contribution < -0.4 is 15.0 Å². The third-order valence-electron chi connectivity index (χ3n) is 3.75. The van der Waals surface area contributed by atoms with E-state index in [1.54, 1.807) is 24.3 Å². The number of ether oxygens (including phenoxy) is 1. The lowest BCUT2D eigenvalue weighted by Crippen LogP contribution is -2.43. The predicted molar refractivity (Wildman–Crippen MR) is 89.7 cm³/mol. The van der Waals surface area contributed by atoms with Crippen LogP contribution in [-0.4, -0.2) is 36.4 Å². The molecule has 0 saturated heterocycles. The van der Waals surface area contributed by atoms with E-state index in [0.29, 0.717) is 17.0 Å². The monoisotopic (exact) mass is 341 g/mol. The van der Waals surface area contributed by atoms with E-state index >= 15 is 0 Å². The van der Waals surface area contributed by atoms with E-state index in [4.69, 9.17) is 4.74 Å². The number of nitrogens with one attached hydrogen (secondary N) is 1. The molecule has 0 aliphatic carbocycles. The van der Waals surface area contributed by atoms with E-state index in [1.165, 1.54) is 23.1 Å². The Hall–Kier alpha value is -3.42. The zero-order valence-electron chi connectivity index (χ0n) is 13.2. The van der Waals surface area contributed by atoms with Gasteiger partial charge in [0.25, 0.3) is 17.5 Å². The van der Waals surface area contributed by atoms with E-state index in [2.05, 4.69) is 5.32 Å². The molecule has 8 heteroatoms. The van der Waals surface area contributed by atoms with Crippen LogP contribution in [0.25, 0.3) is 0 Å². The number of nitro benzene ring substituents is 1. The number of anilines is 1. The molecule has 2 amide bonds. The van der Waals surface area contributed by atoms with Gasteiger partial charge in [-0.05, 0) is 18.2 Å². The molecule has 0 spiro atoms. The molecule has 0 unspecified atom stereocenters. The lowest BCUT2D eigenvalue weighted by Gasteiger charge is -2.29. The number of carbonyl (C=O) groups is 2. The summed E-state index contributed by atoms with van der Waals surface area (Å²) in [6.07, 6.45) is 0. The Bertz CT molecular complexity index is 822. The number of hydrogen-bond acceptors (Lipinski definition) is 5. The maximum Gasteiger partial charge on any atom is 0.271 e. The molecule has 1 aliphatic rings. The molecular formula is C17H15N3O5. The number of carbonyl (C=O) groups excluding carboxylic acids is 2. The van der Waals surface area contributed by atoms with Crippen molar-refractivity contribution in [3.05, 3.63) is 64.2 Å². The van der Waals surface area contributed by atoms with Gasteiger partial charge >= 0.3 is 0 Å². The van der Waals surface area contributed by atoms with Crippen molar-refractivity contribution in [2.24, 2.45) is 0 Å². The van der Waals surface area contributed by atoms with Crippen LogP contribution in [0.15, 0.2) is 48.5 Å². The second-order valence-corrected chi connectivity index (χ2v) is 5.37. The largest absolute Gasteiger partial charge is 0.482 e. The molecular weight excluding hydrogens is 326 g/mol. The van der Waals surface area contributed by atoms with Crippen molar-refractivity contribution in [2.75, 3.05) is 24.6 Å². The highest BCUT2D eigenvalue weighted by atomic mass is 16.6. The van der Waals surface area contributed by atoms with Crippen LogP contribution in [0, 0.1) is 10.1 Å². The second-order valence-electron chi connectivity index (χ2n) is 5.37. The molecule has 1 N–H and O–H groups in total. The first-order valence-corrected chi connectivity index (χ1v) is 7.61. The summed E-state index contributed by atoms with van der Waals surface area (Å²) in [5.41, 5.74) is 0.724. The molecule has 8 nitrogen and oxygen atoms in total. The second kappa shape index (κ2) is 7.00. The average molecular weight is 341 g/mol. The minimum absolute atomic E-state index is 0.129. The number of fused-ring (bicyclic) bond motifs is 1. The van der Waals surface area contributed by atoms with E-state index in [9.17, 15) is 19.7 Å². The van der Waals surface area contributed by atoms with Crippen LogP contribution in [0.3, 0.4) is 0 Å². The molecule has 3 rings (SSSR count). The van der Waals surface area contributed by atoms with Gasteiger partial charge in [0.05, 0.1) is 10.6 Å². The maximum atomic E-state index is 12.1. The van der Waals surface area contributed by atoms with Gasteiger partial charge in [0, 0.05) is 30.8 Å².